The molecule has 0 radical (unpaired) electrons. The minimum absolute atomic E-state index is 0.364. The fraction of sp³-hybridized carbons (Fsp3) is 0.375. The van der Waals surface area contributed by atoms with Crippen molar-refractivity contribution in [2.24, 2.45) is 5.73 Å². The smallest absolute Gasteiger partial charge is 0.225 e. The van der Waals surface area contributed by atoms with Crippen LogP contribution in [0.5, 0.6) is 0 Å². The molecular weight excluding hydrogens is 262 g/mol. The van der Waals surface area contributed by atoms with Gasteiger partial charge >= 0.3 is 0 Å². The summed E-state index contributed by atoms with van der Waals surface area (Å²) in [5.41, 5.74) is 10.4. The second-order valence-corrected chi connectivity index (χ2v) is 5.29. The van der Waals surface area contributed by atoms with Gasteiger partial charge in [-0.15, -0.1) is 0 Å². The Labute approximate surface area is 126 Å². The summed E-state index contributed by atoms with van der Waals surface area (Å²) in [6.07, 6.45) is 0.570. The van der Waals surface area contributed by atoms with Crippen molar-refractivity contribution >= 4 is 5.95 Å². The predicted octanol–water partition coefficient (Wildman–Crippen LogP) is 1.89. The van der Waals surface area contributed by atoms with E-state index < -0.39 is 0 Å². The van der Waals surface area contributed by atoms with Gasteiger partial charge in [-0.05, 0) is 38.8 Å². The first-order valence-corrected chi connectivity index (χ1v) is 7.16. The molecule has 2 aromatic rings. The van der Waals surface area contributed by atoms with Crippen LogP contribution in [0.3, 0.4) is 0 Å². The van der Waals surface area contributed by atoms with Gasteiger partial charge in [0.25, 0.3) is 0 Å². The van der Waals surface area contributed by atoms with Gasteiger partial charge in [-0.1, -0.05) is 29.8 Å². The van der Waals surface area contributed by atoms with Crippen LogP contribution >= 0.6 is 0 Å². The van der Waals surface area contributed by atoms with Gasteiger partial charge in [0.1, 0.15) is 6.29 Å². The summed E-state index contributed by atoms with van der Waals surface area (Å²) in [5, 5.41) is 6.28. The Kier molecular flexibility index (Phi) is 5.25. The van der Waals surface area contributed by atoms with Crippen molar-refractivity contribution in [3.05, 3.63) is 52.8 Å². The summed E-state index contributed by atoms with van der Waals surface area (Å²) in [7, 11) is 0. The Morgan fingerprint density at radius 1 is 1.05 bits per heavy atom. The Morgan fingerprint density at radius 3 is 2.29 bits per heavy atom. The van der Waals surface area contributed by atoms with Gasteiger partial charge in [0.2, 0.25) is 5.95 Å². The minimum atomic E-state index is -0.364. The fourth-order valence-corrected chi connectivity index (χ4v) is 2.11. The zero-order valence-corrected chi connectivity index (χ0v) is 12.9. The molecule has 112 valence electrons. The lowest BCUT2D eigenvalue weighted by Gasteiger charge is -2.16. The van der Waals surface area contributed by atoms with Gasteiger partial charge in [-0.25, -0.2) is 9.97 Å². The van der Waals surface area contributed by atoms with Crippen molar-refractivity contribution < 1.29 is 0 Å². The van der Waals surface area contributed by atoms with E-state index in [-0.39, 0.29) is 6.29 Å². The third kappa shape index (κ3) is 5.13. The summed E-state index contributed by atoms with van der Waals surface area (Å²) in [6.45, 7) is 6.76. The molecule has 5 heteroatoms. The van der Waals surface area contributed by atoms with Gasteiger partial charge in [-0.3, -0.25) is 11.1 Å². The third-order valence-electron chi connectivity index (χ3n) is 3.17. The summed E-state index contributed by atoms with van der Waals surface area (Å²) in [4.78, 5) is 8.62. The first-order chi connectivity index (χ1) is 10.0. The molecule has 4 N–H and O–H groups in total. The number of aromatic nitrogens is 2. The van der Waals surface area contributed by atoms with Crippen molar-refractivity contribution in [2.45, 2.75) is 33.5 Å². The van der Waals surface area contributed by atoms with E-state index in [1.165, 1.54) is 11.1 Å². The van der Waals surface area contributed by atoms with Crippen LogP contribution < -0.4 is 16.4 Å². The average molecular weight is 285 g/mol. The van der Waals surface area contributed by atoms with Gasteiger partial charge in [0, 0.05) is 17.9 Å². The van der Waals surface area contributed by atoms with Crippen molar-refractivity contribution in [2.75, 3.05) is 11.9 Å². The molecular formula is C16H23N5. The van der Waals surface area contributed by atoms with E-state index in [1.54, 1.807) is 0 Å². The zero-order valence-electron chi connectivity index (χ0n) is 12.9. The monoisotopic (exact) mass is 285 g/mol. The van der Waals surface area contributed by atoms with Crippen molar-refractivity contribution in [1.29, 1.82) is 0 Å². The maximum atomic E-state index is 5.99. The molecule has 0 spiro atoms. The molecule has 1 aromatic heterocycles. The van der Waals surface area contributed by atoms with Crippen molar-refractivity contribution in [3.8, 4) is 0 Å². The highest BCUT2D eigenvalue weighted by molar-refractivity contribution is 5.28. The SMILES string of the molecule is Cc1ccc(CCNC(N)Nc2nc(C)cc(C)n2)cc1. The third-order valence-corrected chi connectivity index (χ3v) is 3.17. The highest BCUT2D eigenvalue weighted by atomic mass is 15.3. The lowest BCUT2D eigenvalue weighted by atomic mass is 10.1. The number of nitrogens with zero attached hydrogens (tertiary/aromatic N) is 2. The van der Waals surface area contributed by atoms with Crippen molar-refractivity contribution in [3.63, 3.8) is 0 Å². The minimum Gasteiger partial charge on any atom is -0.326 e. The molecule has 0 bridgehead atoms. The van der Waals surface area contributed by atoms with Crippen LogP contribution in [-0.2, 0) is 6.42 Å². The summed E-state index contributed by atoms with van der Waals surface area (Å²) in [5.74, 6) is 0.558. The first-order valence-electron chi connectivity index (χ1n) is 7.16. The zero-order chi connectivity index (χ0) is 15.2. The molecule has 1 aromatic carbocycles. The summed E-state index contributed by atoms with van der Waals surface area (Å²) in [6, 6.07) is 10.5. The van der Waals surface area contributed by atoms with E-state index in [4.69, 9.17) is 5.73 Å². The Bertz CT molecular complexity index is 559. The molecule has 1 atom stereocenters. The van der Waals surface area contributed by atoms with Crippen LogP contribution in [0.1, 0.15) is 22.5 Å². The first kappa shape index (κ1) is 15.4. The predicted molar refractivity (Wildman–Crippen MR) is 86.0 cm³/mol. The lowest BCUT2D eigenvalue weighted by molar-refractivity contribution is 0.576. The fourth-order valence-electron chi connectivity index (χ4n) is 2.11. The molecule has 1 heterocycles. The van der Waals surface area contributed by atoms with E-state index in [0.29, 0.717) is 5.95 Å². The van der Waals surface area contributed by atoms with E-state index >= 15 is 0 Å². The molecule has 21 heavy (non-hydrogen) atoms. The molecule has 0 fully saturated rings. The molecule has 0 saturated heterocycles. The van der Waals surface area contributed by atoms with Crippen LogP contribution in [-0.4, -0.2) is 22.8 Å². The number of nitrogens with two attached hydrogens (primary N) is 1. The van der Waals surface area contributed by atoms with Crippen LogP contribution in [0, 0.1) is 20.8 Å². The van der Waals surface area contributed by atoms with Crippen LogP contribution in [0.4, 0.5) is 5.95 Å². The number of hydrogen-bond acceptors (Lipinski definition) is 5. The van der Waals surface area contributed by atoms with Crippen LogP contribution in [0.25, 0.3) is 0 Å². The maximum absolute atomic E-state index is 5.99. The highest BCUT2D eigenvalue weighted by Crippen LogP contribution is 2.04. The highest BCUT2D eigenvalue weighted by Gasteiger charge is 2.04. The molecule has 0 aliphatic heterocycles. The van der Waals surface area contributed by atoms with Crippen molar-refractivity contribution in [1.82, 2.24) is 15.3 Å². The van der Waals surface area contributed by atoms with Gasteiger partial charge in [0.15, 0.2) is 0 Å². The van der Waals surface area contributed by atoms with Crippen LogP contribution in [0.2, 0.25) is 0 Å². The number of rotatable bonds is 6. The normalized spacial score (nSPS) is 12.2. The molecule has 5 nitrogen and oxygen atoms in total. The second kappa shape index (κ2) is 7.15. The van der Waals surface area contributed by atoms with Gasteiger partial charge in [0.05, 0.1) is 0 Å². The van der Waals surface area contributed by atoms with E-state index in [1.807, 2.05) is 19.9 Å². The number of nitrogens with one attached hydrogen (secondary N) is 2. The van der Waals surface area contributed by atoms with E-state index in [0.717, 1.165) is 24.4 Å². The van der Waals surface area contributed by atoms with Gasteiger partial charge < -0.3 is 5.32 Å². The quantitative estimate of drug-likeness (QED) is 0.707. The molecule has 0 aliphatic rings. The Balaban J connectivity index is 1.79. The summed E-state index contributed by atoms with van der Waals surface area (Å²) >= 11 is 0. The number of benzene rings is 1. The lowest BCUT2D eigenvalue weighted by Crippen LogP contribution is -2.45. The molecule has 0 amide bonds. The van der Waals surface area contributed by atoms with Gasteiger partial charge in [-0.2, -0.15) is 0 Å². The summed E-state index contributed by atoms with van der Waals surface area (Å²) < 4.78 is 0. The van der Waals surface area contributed by atoms with Crippen LogP contribution in [0.15, 0.2) is 30.3 Å². The molecule has 1 unspecified atom stereocenters. The average Bonchev–Trinajstić information content (AvgIpc) is 2.39. The van der Waals surface area contributed by atoms with E-state index in [2.05, 4.69) is 51.8 Å². The van der Waals surface area contributed by atoms with E-state index in [9.17, 15) is 0 Å². The molecule has 0 aliphatic carbocycles. The Hall–Kier alpha value is -1.98. The second-order valence-electron chi connectivity index (χ2n) is 5.29. The topological polar surface area (TPSA) is 75.9 Å². The maximum Gasteiger partial charge on any atom is 0.225 e. The molecule has 2 rings (SSSR count). The largest absolute Gasteiger partial charge is 0.326 e. The molecule has 0 saturated carbocycles. The number of hydrogen-bond donors (Lipinski definition) is 3. The number of anilines is 1. The number of aryl methyl sites for hydroxylation is 3. The standard InChI is InChI=1S/C16H23N5/c1-11-4-6-14(7-5-11)8-9-18-15(17)21-16-19-12(2)10-13(3)20-16/h4-7,10,15,18H,8-9,17H2,1-3H3,(H,19,20,21). The Morgan fingerprint density at radius 2 is 1.67 bits per heavy atom.